The van der Waals surface area contributed by atoms with E-state index in [0.717, 1.165) is 12.8 Å². The zero-order valence-electron chi connectivity index (χ0n) is 20.0. The summed E-state index contributed by atoms with van der Waals surface area (Å²) >= 11 is 5.93. The number of hydrazone groups is 1. The summed E-state index contributed by atoms with van der Waals surface area (Å²) in [5.74, 6) is 0.710. The van der Waals surface area contributed by atoms with Crippen LogP contribution < -0.4 is 19.6 Å². The zero-order valence-corrected chi connectivity index (χ0v) is 21.6. The lowest BCUT2D eigenvalue weighted by atomic mass is 10.2. The van der Waals surface area contributed by atoms with Gasteiger partial charge in [0.2, 0.25) is 0 Å². The van der Waals surface area contributed by atoms with Crippen LogP contribution in [0.25, 0.3) is 0 Å². The van der Waals surface area contributed by atoms with Gasteiger partial charge in [0.25, 0.3) is 15.9 Å². The molecule has 10 heteroatoms. The molecule has 0 fully saturated rings. The van der Waals surface area contributed by atoms with Crippen LogP contribution in [0.4, 0.5) is 5.69 Å². The van der Waals surface area contributed by atoms with Gasteiger partial charge in [0.05, 0.1) is 30.0 Å². The summed E-state index contributed by atoms with van der Waals surface area (Å²) < 4.78 is 39.4. The summed E-state index contributed by atoms with van der Waals surface area (Å²) in [6.07, 6.45) is 3.19. The molecule has 0 aliphatic heterocycles. The number of carbonyl (C=O) groups excluding carboxylic acids is 1. The number of carbonyl (C=O) groups is 1. The quantitative estimate of drug-likeness (QED) is 0.238. The van der Waals surface area contributed by atoms with Crippen LogP contribution in [-0.2, 0) is 10.0 Å². The first-order valence-electron chi connectivity index (χ1n) is 11.4. The second-order valence-electron chi connectivity index (χ2n) is 7.74. The molecule has 0 bridgehead atoms. The standard InChI is InChI=1S/C26H28ClN3O5S/c1-3-13-34-23-12-11-20(25(17-23)35-14-4-2)18-28-29-26(31)19-7-5-10-24(15-19)36(32,33)30-22-9-6-8-21(27)16-22/h5-12,15-18,30H,3-4,13-14H2,1-2H3,(H,29,31)/b28-18-. The molecule has 0 saturated carbocycles. The van der Waals surface area contributed by atoms with Crippen molar-refractivity contribution in [1.82, 2.24) is 5.43 Å². The number of nitrogens with zero attached hydrogens (tertiary/aromatic N) is 1. The van der Waals surface area contributed by atoms with Crippen LogP contribution in [0.1, 0.15) is 42.6 Å². The third kappa shape index (κ3) is 7.73. The fourth-order valence-corrected chi connectivity index (χ4v) is 4.35. The van der Waals surface area contributed by atoms with Gasteiger partial charge < -0.3 is 9.47 Å². The molecule has 190 valence electrons. The minimum absolute atomic E-state index is 0.0722. The van der Waals surface area contributed by atoms with Crippen LogP contribution in [0.15, 0.2) is 76.7 Å². The Labute approximate surface area is 216 Å². The van der Waals surface area contributed by atoms with E-state index in [1.807, 2.05) is 13.8 Å². The lowest BCUT2D eigenvalue weighted by Gasteiger charge is -2.11. The maximum atomic E-state index is 12.8. The Hall–Kier alpha value is -3.56. The Morgan fingerprint density at radius 3 is 2.47 bits per heavy atom. The van der Waals surface area contributed by atoms with Crippen LogP contribution in [0, 0.1) is 0 Å². The van der Waals surface area contributed by atoms with Gasteiger partial charge in [-0.2, -0.15) is 5.10 Å². The van der Waals surface area contributed by atoms with E-state index < -0.39 is 15.9 Å². The van der Waals surface area contributed by atoms with Crippen LogP contribution in [0.5, 0.6) is 11.5 Å². The van der Waals surface area contributed by atoms with Gasteiger partial charge in [0.15, 0.2) is 0 Å². The molecule has 3 aromatic carbocycles. The smallest absolute Gasteiger partial charge is 0.271 e. The highest BCUT2D eigenvalue weighted by molar-refractivity contribution is 7.92. The van der Waals surface area contributed by atoms with E-state index in [1.54, 1.807) is 36.4 Å². The highest BCUT2D eigenvalue weighted by Crippen LogP contribution is 2.24. The van der Waals surface area contributed by atoms with Crippen LogP contribution in [-0.4, -0.2) is 33.8 Å². The van der Waals surface area contributed by atoms with Crippen molar-refractivity contribution in [2.75, 3.05) is 17.9 Å². The van der Waals surface area contributed by atoms with Crippen molar-refractivity contribution in [1.29, 1.82) is 0 Å². The van der Waals surface area contributed by atoms with E-state index in [1.165, 1.54) is 36.5 Å². The number of sulfonamides is 1. The number of benzene rings is 3. The molecule has 0 aromatic heterocycles. The Morgan fingerprint density at radius 2 is 1.72 bits per heavy atom. The molecule has 3 rings (SSSR count). The zero-order chi connectivity index (χ0) is 26.0. The predicted molar refractivity (Wildman–Crippen MR) is 142 cm³/mol. The molecule has 0 unspecified atom stereocenters. The van der Waals surface area contributed by atoms with Crippen molar-refractivity contribution in [3.63, 3.8) is 0 Å². The summed E-state index contributed by atoms with van der Waals surface area (Å²) in [4.78, 5) is 12.6. The third-order valence-corrected chi connectivity index (χ3v) is 6.39. The molecule has 0 aliphatic rings. The van der Waals surface area contributed by atoms with Gasteiger partial charge in [-0.15, -0.1) is 0 Å². The van der Waals surface area contributed by atoms with Crippen LogP contribution in [0.3, 0.4) is 0 Å². The van der Waals surface area contributed by atoms with Crippen molar-refractivity contribution in [2.24, 2.45) is 5.10 Å². The van der Waals surface area contributed by atoms with E-state index in [4.69, 9.17) is 21.1 Å². The average molecular weight is 530 g/mol. The number of amides is 1. The monoisotopic (exact) mass is 529 g/mol. The van der Waals surface area contributed by atoms with E-state index >= 15 is 0 Å². The number of anilines is 1. The Balaban J connectivity index is 1.71. The molecule has 0 aliphatic carbocycles. The minimum Gasteiger partial charge on any atom is -0.493 e. The molecule has 0 radical (unpaired) electrons. The number of hydrogen-bond donors (Lipinski definition) is 2. The predicted octanol–water partition coefficient (Wildman–Crippen LogP) is 5.48. The normalized spacial score (nSPS) is 11.3. The minimum atomic E-state index is -3.93. The molecular formula is C26H28ClN3O5S. The maximum Gasteiger partial charge on any atom is 0.271 e. The third-order valence-electron chi connectivity index (χ3n) is 4.77. The number of halogens is 1. The fourth-order valence-electron chi connectivity index (χ4n) is 3.06. The maximum absolute atomic E-state index is 12.8. The molecule has 36 heavy (non-hydrogen) atoms. The highest BCUT2D eigenvalue weighted by Gasteiger charge is 2.17. The highest BCUT2D eigenvalue weighted by atomic mass is 35.5. The topological polar surface area (TPSA) is 106 Å². The first-order chi connectivity index (χ1) is 17.3. The Morgan fingerprint density at radius 1 is 0.972 bits per heavy atom. The molecule has 0 saturated heterocycles. The van der Waals surface area contributed by atoms with Crippen molar-refractivity contribution in [3.8, 4) is 11.5 Å². The first-order valence-corrected chi connectivity index (χ1v) is 13.3. The van der Waals surface area contributed by atoms with Crippen molar-refractivity contribution < 1.29 is 22.7 Å². The van der Waals surface area contributed by atoms with Gasteiger partial charge in [0, 0.05) is 22.2 Å². The summed E-state index contributed by atoms with van der Waals surface area (Å²) in [6, 6.07) is 17.4. The van der Waals surface area contributed by atoms with Gasteiger partial charge in [-0.3, -0.25) is 9.52 Å². The van der Waals surface area contributed by atoms with Crippen molar-refractivity contribution in [3.05, 3.63) is 82.9 Å². The molecule has 8 nitrogen and oxygen atoms in total. The van der Waals surface area contributed by atoms with Gasteiger partial charge >= 0.3 is 0 Å². The summed E-state index contributed by atoms with van der Waals surface area (Å²) in [6.45, 7) is 5.15. The van der Waals surface area contributed by atoms with Crippen molar-refractivity contribution in [2.45, 2.75) is 31.6 Å². The Bertz CT molecular complexity index is 1330. The summed E-state index contributed by atoms with van der Waals surface area (Å²) in [5.41, 5.74) is 3.53. The fraction of sp³-hybridized carbons (Fsp3) is 0.231. The molecular weight excluding hydrogens is 502 g/mol. The van der Waals surface area contributed by atoms with Gasteiger partial charge in [0.1, 0.15) is 11.5 Å². The molecule has 1 amide bonds. The number of nitrogens with one attached hydrogen (secondary N) is 2. The first kappa shape index (κ1) is 27.0. The largest absolute Gasteiger partial charge is 0.493 e. The van der Waals surface area contributed by atoms with Crippen LogP contribution in [0.2, 0.25) is 5.02 Å². The van der Waals surface area contributed by atoms with Crippen molar-refractivity contribution >= 4 is 39.4 Å². The van der Waals surface area contributed by atoms with E-state index in [9.17, 15) is 13.2 Å². The molecule has 3 aromatic rings. The second kappa shape index (κ2) is 12.9. The number of rotatable bonds is 12. The van der Waals surface area contributed by atoms with Gasteiger partial charge in [-0.05, 0) is 61.4 Å². The van der Waals surface area contributed by atoms with Gasteiger partial charge in [-0.1, -0.05) is 37.6 Å². The molecule has 2 N–H and O–H groups in total. The summed E-state index contributed by atoms with van der Waals surface area (Å²) in [7, 11) is -3.93. The number of ether oxygens (including phenoxy) is 2. The second-order valence-corrected chi connectivity index (χ2v) is 9.86. The average Bonchev–Trinajstić information content (AvgIpc) is 2.86. The lowest BCUT2D eigenvalue weighted by Crippen LogP contribution is -2.19. The van der Waals surface area contributed by atoms with E-state index in [2.05, 4.69) is 15.2 Å². The lowest BCUT2D eigenvalue weighted by molar-refractivity contribution is 0.0955. The molecule has 0 heterocycles. The summed E-state index contributed by atoms with van der Waals surface area (Å²) in [5, 5.41) is 4.42. The molecule has 0 atom stereocenters. The van der Waals surface area contributed by atoms with E-state index in [0.29, 0.717) is 41.0 Å². The van der Waals surface area contributed by atoms with Crippen LogP contribution >= 0.6 is 11.6 Å². The number of hydrogen-bond acceptors (Lipinski definition) is 6. The SMILES string of the molecule is CCCOc1ccc(/C=N\NC(=O)c2cccc(S(=O)(=O)Nc3cccc(Cl)c3)c2)c(OCCC)c1. The van der Waals surface area contributed by atoms with Gasteiger partial charge in [-0.25, -0.2) is 13.8 Å². The van der Waals surface area contributed by atoms with E-state index in [-0.39, 0.29) is 10.5 Å². The Kier molecular flexibility index (Phi) is 9.72. The molecule has 0 spiro atoms.